The van der Waals surface area contributed by atoms with E-state index in [0.29, 0.717) is 0 Å². The van der Waals surface area contributed by atoms with Gasteiger partial charge in [-0.25, -0.2) is 0 Å². The van der Waals surface area contributed by atoms with Gasteiger partial charge in [0.25, 0.3) is 0 Å². The first-order valence-electron chi connectivity index (χ1n) is 3.49. The first kappa shape index (κ1) is 10.2. The molecule has 0 heterocycles. The Morgan fingerprint density at radius 1 is 1.33 bits per heavy atom. The van der Waals surface area contributed by atoms with E-state index in [-0.39, 0.29) is 6.54 Å². The molecule has 0 radical (unpaired) electrons. The van der Waals surface area contributed by atoms with Crippen LogP contribution in [0, 0.1) is 0 Å². The molecule has 3 N–H and O–H groups in total. The SMILES string of the molecule is NCC(O)c1c(Br)cccc1Br. The molecule has 4 heteroatoms. The lowest BCUT2D eigenvalue weighted by molar-refractivity contribution is 0.185. The predicted molar refractivity (Wildman–Crippen MR) is 55.9 cm³/mol. The van der Waals surface area contributed by atoms with E-state index in [4.69, 9.17) is 5.73 Å². The summed E-state index contributed by atoms with van der Waals surface area (Å²) in [5.41, 5.74) is 6.16. The van der Waals surface area contributed by atoms with E-state index in [1.807, 2.05) is 18.2 Å². The highest BCUT2D eigenvalue weighted by Crippen LogP contribution is 2.30. The second kappa shape index (κ2) is 4.37. The fourth-order valence-corrected chi connectivity index (χ4v) is 2.47. The van der Waals surface area contributed by atoms with Crippen LogP contribution < -0.4 is 5.73 Å². The molecule has 66 valence electrons. The van der Waals surface area contributed by atoms with E-state index in [1.165, 1.54) is 0 Å². The lowest BCUT2D eigenvalue weighted by Crippen LogP contribution is -2.12. The molecule has 0 spiro atoms. The second-order valence-electron chi connectivity index (χ2n) is 2.39. The molecule has 1 unspecified atom stereocenters. The van der Waals surface area contributed by atoms with Crippen LogP contribution in [0.1, 0.15) is 11.7 Å². The van der Waals surface area contributed by atoms with Crippen molar-refractivity contribution in [3.05, 3.63) is 32.7 Å². The van der Waals surface area contributed by atoms with E-state index in [1.54, 1.807) is 0 Å². The zero-order valence-electron chi connectivity index (χ0n) is 6.30. The highest BCUT2D eigenvalue weighted by atomic mass is 79.9. The van der Waals surface area contributed by atoms with Crippen molar-refractivity contribution in [2.24, 2.45) is 5.73 Å². The molecular formula is C8H9Br2NO. The first-order chi connectivity index (χ1) is 5.66. The summed E-state index contributed by atoms with van der Waals surface area (Å²) in [7, 11) is 0. The van der Waals surface area contributed by atoms with Crippen LogP contribution in [0.15, 0.2) is 27.1 Å². The summed E-state index contributed by atoms with van der Waals surface area (Å²) in [5, 5.41) is 9.51. The summed E-state index contributed by atoms with van der Waals surface area (Å²) in [6.07, 6.45) is -0.616. The maximum Gasteiger partial charge on any atom is 0.0934 e. The van der Waals surface area contributed by atoms with Gasteiger partial charge in [-0.2, -0.15) is 0 Å². The zero-order valence-corrected chi connectivity index (χ0v) is 9.47. The van der Waals surface area contributed by atoms with Crippen molar-refractivity contribution in [3.63, 3.8) is 0 Å². The number of aliphatic hydroxyl groups excluding tert-OH is 1. The zero-order chi connectivity index (χ0) is 9.14. The third kappa shape index (κ3) is 2.07. The van der Waals surface area contributed by atoms with Gasteiger partial charge in [0.1, 0.15) is 0 Å². The van der Waals surface area contributed by atoms with E-state index in [0.717, 1.165) is 14.5 Å². The number of halogens is 2. The van der Waals surface area contributed by atoms with Crippen molar-refractivity contribution in [3.8, 4) is 0 Å². The highest BCUT2D eigenvalue weighted by molar-refractivity contribution is 9.11. The van der Waals surface area contributed by atoms with Crippen LogP contribution in [0.5, 0.6) is 0 Å². The van der Waals surface area contributed by atoms with Gasteiger partial charge in [-0.05, 0) is 12.1 Å². The topological polar surface area (TPSA) is 46.2 Å². The van der Waals surface area contributed by atoms with Crippen LogP contribution in [0.3, 0.4) is 0 Å². The van der Waals surface area contributed by atoms with E-state index >= 15 is 0 Å². The Bertz CT molecular complexity index is 258. The first-order valence-corrected chi connectivity index (χ1v) is 5.07. The Hall–Kier alpha value is 0.1000. The normalized spacial score (nSPS) is 13.0. The Balaban J connectivity index is 3.12. The average molecular weight is 295 g/mol. The van der Waals surface area contributed by atoms with Crippen molar-refractivity contribution in [1.29, 1.82) is 0 Å². The fourth-order valence-electron chi connectivity index (χ4n) is 0.947. The minimum Gasteiger partial charge on any atom is -0.387 e. The van der Waals surface area contributed by atoms with Gasteiger partial charge in [0, 0.05) is 21.1 Å². The summed E-state index contributed by atoms with van der Waals surface area (Å²) in [5.74, 6) is 0. The molecule has 1 aromatic carbocycles. The molecule has 0 aliphatic rings. The lowest BCUT2D eigenvalue weighted by Gasteiger charge is -2.11. The molecule has 1 atom stereocenters. The van der Waals surface area contributed by atoms with Gasteiger partial charge in [0.2, 0.25) is 0 Å². The molecule has 2 nitrogen and oxygen atoms in total. The molecule has 0 amide bonds. The van der Waals surface area contributed by atoms with Crippen LogP contribution in [0.25, 0.3) is 0 Å². The number of hydrogen-bond donors (Lipinski definition) is 2. The minimum atomic E-state index is -0.616. The Morgan fingerprint density at radius 2 is 1.83 bits per heavy atom. The van der Waals surface area contributed by atoms with Gasteiger partial charge >= 0.3 is 0 Å². The molecule has 0 aromatic heterocycles. The monoisotopic (exact) mass is 293 g/mol. The number of nitrogens with two attached hydrogens (primary N) is 1. The minimum absolute atomic E-state index is 0.223. The number of aliphatic hydroxyl groups is 1. The standard InChI is InChI=1S/C8H9Br2NO/c9-5-2-1-3-6(10)8(5)7(12)4-11/h1-3,7,12H,4,11H2. The van der Waals surface area contributed by atoms with Crippen molar-refractivity contribution >= 4 is 31.9 Å². The van der Waals surface area contributed by atoms with Gasteiger partial charge in [-0.1, -0.05) is 37.9 Å². The van der Waals surface area contributed by atoms with Crippen LogP contribution >= 0.6 is 31.9 Å². The molecule has 0 saturated carbocycles. The lowest BCUT2D eigenvalue weighted by atomic mass is 10.1. The van der Waals surface area contributed by atoms with E-state index < -0.39 is 6.10 Å². The molecule has 1 aromatic rings. The van der Waals surface area contributed by atoms with Crippen LogP contribution in [-0.2, 0) is 0 Å². The molecule has 1 rings (SSSR count). The number of hydrogen-bond acceptors (Lipinski definition) is 2. The van der Waals surface area contributed by atoms with Gasteiger partial charge < -0.3 is 10.8 Å². The van der Waals surface area contributed by atoms with Crippen LogP contribution in [0.2, 0.25) is 0 Å². The van der Waals surface area contributed by atoms with Crippen molar-refractivity contribution in [1.82, 2.24) is 0 Å². The van der Waals surface area contributed by atoms with Crippen molar-refractivity contribution in [2.75, 3.05) is 6.54 Å². The summed E-state index contributed by atoms with van der Waals surface area (Å²) < 4.78 is 1.74. The quantitative estimate of drug-likeness (QED) is 0.878. The van der Waals surface area contributed by atoms with Gasteiger partial charge in [-0.3, -0.25) is 0 Å². The summed E-state index contributed by atoms with van der Waals surface area (Å²) in [6, 6.07) is 5.64. The summed E-state index contributed by atoms with van der Waals surface area (Å²) >= 11 is 6.69. The van der Waals surface area contributed by atoms with Gasteiger partial charge in [0.05, 0.1) is 6.10 Å². The van der Waals surface area contributed by atoms with Gasteiger partial charge in [0.15, 0.2) is 0 Å². The smallest absolute Gasteiger partial charge is 0.0934 e. The third-order valence-electron chi connectivity index (χ3n) is 1.56. The molecule has 0 bridgehead atoms. The van der Waals surface area contributed by atoms with Crippen molar-refractivity contribution < 1.29 is 5.11 Å². The second-order valence-corrected chi connectivity index (χ2v) is 4.10. The molecule has 0 fully saturated rings. The molecule has 0 aliphatic carbocycles. The maximum absolute atomic E-state index is 9.51. The highest BCUT2D eigenvalue weighted by Gasteiger charge is 2.12. The summed E-state index contributed by atoms with van der Waals surface area (Å²) in [6.45, 7) is 0.223. The van der Waals surface area contributed by atoms with Crippen LogP contribution in [-0.4, -0.2) is 11.7 Å². The fraction of sp³-hybridized carbons (Fsp3) is 0.250. The van der Waals surface area contributed by atoms with Crippen LogP contribution in [0.4, 0.5) is 0 Å². The summed E-state index contributed by atoms with van der Waals surface area (Å²) in [4.78, 5) is 0. The molecule has 12 heavy (non-hydrogen) atoms. The predicted octanol–water partition coefficient (Wildman–Crippen LogP) is 2.20. The van der Waals surface area contributed by atoms with Gasteiger partial charge in [-0.15, -0.1) is 0 Å². The average Bonchev–Trinajstić information content (AvgIpc) is 2.03. The van der Waals surface area contributed by atoms with E-state index in [9.17, 15) is 5.11 Å². The number of benzene rings is 1. The van der Waals surface area contributed by atoms with Crippen molar-refractivity contribution in [2.45, 2.75) is 6.10 Å². The Kier molecular flexibility index (Phi) is 3.71. The molecule has 0 aliphatic heterocycles. The Morgan fingerprint density at radius 3 is 2.25 bits per heavy atom. The third-order valence-corrected chi connectivity index (χ3v) is 2.94. The molecule has 0 saturated heterocycles. The molecular weight excluding hydrogens is 286 g/mol. The largest absolute Gasteiger partial charge is 0.387 e. The number of rotatable bonds is 2. The maximum atomic E-state index is 9.51. The Labute approximate surface area is 88.0 Å². The van der Waals surface area contributed by atoms with E-state index in [2.05, 4.69) is 31.9 Å².